The van der Waals surface area contributed by atoms with Crippen LogP contribution in [-0.4, -0.2) is 37.1 Å². The smallest absolute Gasteiger partial charge is 0.289 e. The summed E-state index contributed by atoms with van der Waals surface area (Å²) in [5, 5.41) is 0. The van der Waals surface area contributed by atoms with Crippen molar-refractivity contribution in [2.75, 3.05) is 20.3 Å². The van der Waals surface area contributed by atoms with Crippen LogP contribution in [0.15, 0.2) is 21.2 Å². The van der Waals surface area contributed by atoms with Crippen LogP contribution in [-0.2, 0) is 4.74 Å². The van der Waals surface area contributed by atoms with Crippen LogP contribution in [0.25, 0.3) is 0 Å². The van der Waals surface area contributed by atoms with Crippen LogP contribution in [0, 0.1) is 0 Å². The molecule has 16 heavy (non-hydrogen) atoms. The molecule has 2 rings (SSSR count). The molecule has 0 radical (unpaired) electrons. The lowest BCUT2D eigenvalue weighted by Gasteiger charge is -2.20. The number of carbonyl (C=O) groups excluding carboxylic acids is 1. The monoisotopic (exact) mass is 287 g/mol. The Bertz CT molecular complexity index is 373. The van der Waals surface area contributed by atoms with E-state index in [4.69, 9.17) is 9.15 Å². The first-order valence-corrected chi connectivity index (χ1v) is 6.07. The maximum Gasteiger partial charge on any atom is 0.289 e. The van der Waals surface area contributed by atoms with Crippen LogP contribution < -0.4 is 0 Å². The highest BCUT2D eigenvalue weighted by Crippen LogP contribution is 2.28. The quantitative estimate of drug-likeness (QED) is 0.835. The van der Waals surface area contributed by atoms with Crippen molar-refractivity contribution in [3.05, 3.63) is 22.6 Å². The van der Waals surface area contributed by atoms with Gasteiger partial charge in [0.25, 0.3) is 5.91 Å². The summed E-state index contributed by atoms with van der Waals surface area (Å²) in [5.74, 6) is 0.333. The Hall–Kier alpha value is -0.810. The van der Waals surface area contributed by atoms with Gasteiger partial charge in [-0.25, -0.2) is 0 Å². The number of furan rings is 1. The molecule has 1 heterocycles. The fraction of sp³-hybridized carbons (Fsp3) is 0.545. The van der Waals surface area contributed by atoms with Gasteiger partial charge in [0.1, 0.15) is 0 Å². The molecule has 0 aromatic carbocycles. The first-order chi connectivity index (χ1) is 7.72. The SMILES string of the molecule is COCCN(C(=O)c1ccc(Br)o1)C1CC1. The van der Waals surface area contributed by atoms with Crippen LogP contribution in [0.3, 0.4) is 0 Å². The fourth-order valence-corrected chi connectivity index (χ4v) is 1.90. The molecule has 0 N–H and O–H groups in total. The Kier molecular flexibility index (Phi) is 3.66. The predicted molar refractivity (Wildman–Crippen MR) is 62.3 cm³/mol. The molecule has 1 amide bonds. The molecule has 1 aliphatic rings. The Morgan fingerprint density at radius 1 is 1.62 bits per heavy atom. The van der Waals surface area contributed by atoms with E-state index >= 15 is 0 Å². The molecule has 0 bridgehead atoms. The molecule has 0 spiro atoms. The van der Waals surface area contributed by atoms with Gasteiger partial charge in [0.15, 0.2) is 10.4 Å². The summed E-state index contributed by atoms with van der Waals surface area (Å²) in [7, 11) is 1.64. The molecule has 1 fully saturated rings. The number of nitrogens with zero attached hydrogens (tertiary/aromatic N) is 1. The molecular weight excluding hydrogens is 274 g/mol. The normalized spacial score (nSPS) is 15.1. The Morgan fingerprint density at radius 2 is 2.38 bits per heavy atom. The van der Waals surface area contributed by atoms with Crippen molar-refractivity contribution < 1.29 is 13.9 Å². The highest BCUT2D eigenvalue weighted by molar-refractivity contribution is 9.10. The van der Waals surface area contributed by atoms with Crippen molar-refractivity contribution in [3.63, 3.8) is 0 Å². The zero-order chi connectivity index (χ0) is 11.5. The first kappa shape index (κ1) is 11.7. The van der Waals surface area contributed by atoms with Gasteiger partial charge >= 0.3 is 0 Å². The molecular formula is C11H14BrNO3. The second-order valence-corrected chi connectivity index (χ2v) is 4.61. The van der Waals surface area contributed by atoms with Gasteiger partial charge in [0, 0.05) is 19.7 Å². The first-order valence-electron chi connectivity index (χ1n) is 5.27. The number of carbonyl (C=O) groups is 1. The van der Waals surface area contributed by atoms with Gasteiger partial charge in [-0.1, -0.05) is 0 Å². The van der Waals surface area contributed by atoms with E-state index in [1.165, 1.54) is 0 Å². The number of halogens is 1. The van der Waals surface area contributed by atoms with Crippen molar-refractivity contribution in [3.8, 4) is 0 Å². The molecule has 0 aliphatic heterocycles. The lowest BCUT2D eigenvalue weighted by Crippen LogP contribution is -2.35. The van der Waals surface area contributed by atoms with Crippen molar-refractivity contribution in [1.82, 2.24) is 4.90 Å². The van der Waals surface area contributed by atoms with E-state index in [0.29, 0.717) is 29.6 Å². The third-order valence-electron chi connectivity index (χ3n) is 2.57. The van der Waals surface area contributed by atoms with Gasteiger partial charge in [-0.05, 0) is 40.9 Å². The second kappa shape index (κ2) is 5.01. The summed E-state index contributed by atoms with van der Waals surface area (Å²) >= 11 is 3.19. The van der Waals surface area contributed by atoms with E-state index in [-0.39, 0.29) is 5.91 Å². The minimum atomic E-state index is -0.0507. The van der Waals surface area contributed by atoms with Gasteiger partial charge in [-0.15, -0.1) is 0 Å². The zero-order valence-electron chi connectivity index (χ0n) is 9.11. The maximum absolute atomic E-state index is 12.1. The molecule has 5 heteroatoms. The molecule has 1 saturated carbocycles. The Balaban J connectivity index is 2.04. The van der Waals surface area contributed by atoms with E-state index < -0.39 is 0 Å². The van der Waals surface area contributed by atoms with Gasteiger partial charge in [0.2, 0.25) is 0 Å². The zero-order valence-corrected chi connectivity index (χ0v) is 10.7. The van der Waals surface area contributed by atoms with Gasteiger partial charge in [0.05, 0.1) is 6.61 Å². The molecule has 0 saturated heterocycles. The van der Waals surface area contributed by atoms with Crippen LogP contribution in [0.2, 0.25) is 0 Å². The molecule has 1 aromatic heterocycles. The number of hydrogen-bond donors (Lipinski definition) is 0. The maximum atomic E-state index is 12.1. The summed E-state index contributed by atoms with van der Waals surface area (Å²) in [6.45, 7) is 1.18. The summed E-state index contributed by atoms with van der Waals surface area (Å²) < 4.78 is 10.9. The third-order valence-corrected chi connectivity index (χ3v) is 3.00. The standard InChI is InChI=1S/C11H14BrNO3/c1-15-7-6-13(8-2-3-8)11(14)9-4-5-10(12)16-9/h4-5,8H,2-3,6-7H2,1H3. The van der Waals surface area contributed by atoms with Crippen molar-refractivity contribution in [2.24, 2.45) is 0 Å². The molecule has 1 aromatic rings. The number of rotatable bonds is 5. The van der Waals surface area contributed by atoms with E-state index in [0.717, 1.165) is 12.8 Å². The fourth-order valence-electron chi connectivity index (χ4n) is 1.60. The molecule has 0 unspecified atom stereocenters. The highest BCUT2D eigenvalue weighted by atomic mass is 79.9. The average Bonchev–Trinajstić information content (AvgIpc) is 3.01. The Labute approximate surface area is 103 Å². The van der Waals surface area contributed by atoms with E-state index in [2.05, 4.69) is 15.9 Å². The van der Waals surface area contributed by atoms with Crippen LogP contribution in [0.1, 0.15) is 23.4 Å². The lowest BCUT2D eigenvalue weighted by molar-refractivity contribution is 0.0648. The number of methoxy groups -OCH3 is 1. The van der Waals surface area contributed by atoms with Crippen LogP contribution >= 0.6 is 15.9 Å². The number of ether oxygens (including phenoxy) is 1. The summed E-state index contributed by atoms with van der Waals surface area (Å²) in [6.07, 6.45) is 2.16. The van der Waals surface area contributed by atoms with E-state index in [9.17, 15) is 4.79 Å². The van der Waals surface area contributed by atoms with Crippen molar-refractivity contribution >= 4 is 21.8 Å². The van der Waals surface area contributed by atoms with E-state index in [1.54, 1.807) is 19.2 Å². The summed E-state index contributed by atoms with van der Waals surface area (Å²) in [5.41, 5.74) is 0. The minimum Gasteiger partial charge on any atom is -0.444 e. The van der Waals surface area contributed by atoms with Crippen molar-refractivity contribution in [2.45, 2.75) is 18.9 Å². The summed E-state index contributed by atoms with van der Waals surface area (Å²) in [4.78, 5) is 13.9. The molecule has 88 valence electrons. The third kappa shape index (κ3) is 2.65. The molecule has 1 aliphatic carbocycles. The molecule has 4 nitrogen and oxygen atoms in total. The number of amides is 1. The average molecular weight is 288 g/mol. The Morgan fingerprint density at radius 3 is 2.88 bits per heavy atom. The summed E-state index contributed by atoms with van der Waals surface area (Å²) in [6, 6.07) is 3.79. The van der Waals surface area contributed by atoms with Crippen molar-refractivity contribution in [1.29, 1.82) is 0 Å². The lowest BCUT2D eigenvalue weighted by atomic mass is 10.3. The second-order valence-electron chi connectivity index (χ2n) is 3.83. The van der Waals surface area contributed by atoms with Crippen LogP contribution in [0.5, 0.6) is 0 Å². The predicted octanol–water partition coefficient (Wildman–Crippen LogP) is 2.29. The van der Waals surface area contributed by atoms with Gasteiger partial charge in [-0.2, -0.15) is 0 Å². The topological polar surface area (TPSA) is 42.7 Å². The van der Waals surface area contributed by atoms with Gasteiger partial charge < -0.3 is 14.1 Å². The van der Waals surface area contributed by atoms with Crippen LogP contribution in [0.4, 0.5) is 0 Å². The largest absolute Gasteiger partial charge is 0.444 e. The minimum absolute atomic E-state index is 0.0507. The van der Waals surface area contributed by atoms with E-state index in [1.807, 2.05) is 4.90 Å². The highest BCUT2D eigenvalue weighted by Gasteiger charge is 2.33. The number of hydrogen-bond acceptors (Lipinski definition) is 3. The molecule has 0 atom stereocenters. The van der Waals surface area contributed by atoms with Gasteiger partial charge in [-0.3, -0.25) is 4.79 Å².